The van der Waals surface area contributed by atoms with Gasteiger partial charge >= 0.3 is 0 Å². The normalized spacial score (nSPS) is 11.3. The number of rotatable bonds is 8. The molecule has 0 aliphatic rings. The Labute approximate surface area is 118 Å². The van der Waals surface area contributed by atoms with Gasteiger partial charge in [0, 0.05) is 32.7 Å². The van der Waals surface area contributed by atoms with E-state index in [4.69, 9.17) is 0 Å². The second-order valence-corrected chi connectivity index (χ2v) is 5.79. The maximum atomic E-state index is 4.57. The first-order valence-corrected chi connectivity index (χ1v) is 7.41. The van der Waals surface area contributed by atoms with Gasteiger partial charge < -0.3 is 10.2 Å². The van der Waals surface area contributed by atoms with Gasteiger partial charge in [-0.15, -0.1) is 0 Å². The van der Waals surface area contributed by atoms with Crippen molar-refractivity contribution < 1.29 is 0 Å². The van der Waals surface area contributed by atoms with Crippen LogP contribution in [0, 0.1) is 12.8 Å². The van der Waals surface area contributed by atoms with E-state index in [1.165, 1.54) is 17.8 Å². The molecule has 0 bridgehead atoms. The first-order chi connectivity index (χ1) is 8.97. The molecule has 0 saturated carbocycles. The number of nitrogens with zero attached hydrogens (tertiary/aromatic N) is 3. The average molecular weight is 266 g/mol. The molecule has 0 aliphatic carbocycles. The molecular formula is C15H30N4. The highest BCUT2D eigenvalue weighted by molar-refractivity contribution is 5.49. The molecule has 0 fully saturated rings. The highest BCUT2D eigenvalue weighted by atomic mass is 15.4. The van der Waals surface area contributed by atoms with Crippen LogP contribution in [-0.2, 0) is 13.6 Å². The molecule has 0 aromatic carbocycles. The van der Waals surface area contributed by atoms with Gasteiger partial charge in [-0.3, -0.25) is 4.68 Å². The summed E-state index contributed by atoms with van der Waals surface area (Å²) >= 11 is 0. The van der Waals surface area contributed by atoms with Crippen LogP contribution in [0.3, 0.4) is 0 Å². The predicted octanol–water partition coefficient (Wildman–Crippen LogP) is 2.71. The maximum absolute atomic E-state index is 4.57. The summed E-state index contributed by atoms with van der Waals surface area (Å²) in [6.45, 7) is 11.9. The third-order valence-corrected chi connectivity index (χ3v) is 3.45. The Balaban J connectivity index is 2.79. The van der Waals surface area contributed by atoms with Crippen molar-refractivity contribution in [1.29, 1.82) is 0 Å². The summed E-state index contributed by atoms with van der Waals surface area (Å²) in [5, 5.41) is 8.06. The molecule has 0 spiro atoms. The minimum Gasteiger partial charge on any atom is -0.360 e. The smallest absolute Gasteiger partial charge is 0.131 e. The fraction of sp³-hybridized carbons (Fsp3) is 0.800. The van der Waals surface area contributed by atoms with Crippen molar-refractivity contribution in [2.75, 3.05) is 25.0 Å². The fourth-order valence-corrected chi connectivity index (χ4v) is 2.32. The van der Waals surface area contributed by atoms with Crippen LogP contribution < -0.4 is 10.2 Å². The van der Waals surface area contributed by atoms with Crippen molar-refractivity contribution in [2.45, 2.75) is 47.1 Å². The third-order valence-electron chi connectivity index (χ3n) is 3.45. The van der Waals surface area contributed by atoms with Crippen molar-refractivity contribution in [3.63, 3.8) is 0 Å². The molecule has 1 heterocycles. The van der Waals surface area contributed by atoms with E-state index in [-0.39, 0.29) is 0 Å². The van der Waals surface area contributed by atoms with Crippen molar-refractivity contribution in [3.8, 4) is 0 Å². The second-order valence-electron chi connectivity index (χ2n) is 5.79. The molecule has 4 nitrogen and oxygen atoms in total. The van der Waals surface area contributed by atoms with Crippen LogP contribution in [0.5, 0.6) is 0 Å². The van der Waals surface area contributed by atoms with Gasteiger partial charge in [0.25, 0.3) is 0 Å². The Kier molecular flexibility index (Phi) is 6.35. The zero-order valence-corrected chi connectivity index (χ0v) is 13.5. The lowest BCUT2D eigenvalue weighted by Crippen LogP contribution is -2.25. The number of hydrogen-bond donors (Lipinski definition) is 1. The van der Waals surface area contributed by atoms with Gasteiger partial charge in [-0.1, -0.05) is 20.8 Å². The van der Waals surface area contributed by atoms with Crippen LogP contribution in [0.25, 0.3) is 0 Å². The monoisotopic (exact) mass is 266 g/mol. The predicted molar refractivity (Wildman–Crippen MR) is 82.7 cm³/mol. The highest BCUT2D eigenvalue weighted by Crippen LogP contribution is 2.22. The molecule has 1 N–H and O–H groups in total. The molecule has 0 saturated heterocycles. The van der Waals surface area contributed by atoms with E-state index in [9.17, 15) is 0 Å². The molecule has 1 rings (SSSR count). The summed E-state index contributed by atoms with van der Waals surface area (Å²) in [5.41, 5.74) is 2.47. The molecular weight excluding hydrogens is 236 g/mol. The van der Waals surface area contributed by atoms with Gasteiger partial charge in [0.2, 0.25) is 0 Å². The summed E-state index contributed by atoms with van der Waals surface area (Å²) in [7, 11) is 4.21. The molecule has 0 aliphatic heterocycles. The number of aryl methyl sites for hydroxylation is 2. The van der Waals surface area contributed by atoms with Gasteiger partial charge in [0.05, 0.1) is 5.69 Å². The minimum absolute atomic E-state index is 0.735. The van der Waals surface area contributed by atoms with Crippen molar-refractivity contribution in [2.24, 2.45) is 13.0 Å². The molecule has 1 aromatic heterocycles. The van der Waals surface area contributed by atoms with Crippen molar-refractivity contribution >= 4 is 5.82 Å². The fourth-order valence-electron chi connectivity index (χ4n) is 2.32. The van der Waals surface area contributed by atoms with Crippen LogP contribution >= 0.6 is 0 Å². The van der Waals surface area contributed by atoms with Gasteiger partial charge in [-0.25, -0.2) is 0 Å². The van der Waals surface area contributed by atoms with E-state index in [2.05, 4.69) is 50.1 Å². The van der Waals surface area contributed by atoms with E-state index in [0.717, 1.165) is 37.7 Å². The summed E-state index contributed by atoms with van der Waals surface area (Å²) in [6, 6.07) is 0. The van der Waals surface area contributed by atoms with Crippen LogP contribution in [0.1, 0.15) is 44.9 Å². The largest absolute Gasteiger partial charge is 0.360 e. The first kappa shape index (κ1) is 16.0. The van der Waals surface area contributed by atoms with E-state index >= 15 is 0 Å². The van der Waals surface area contributed by atoms with E-state index in [0.29, 0.717) is 0 Å². The Morgan fingerprint density at radius 1 is 1.37 bits per heavy atom. The third kappa shape index (κ3) is 4.53. The summed E-state index contributed by atoms with van der Waals surface area (Å²) in [4.78, 5) is 2.34. The number of hydrogen-bond acceptors (Lipinski definition) is 3. The molecule has 0 radical (unpaired) electrons. The van der Waals surface area contributed by atoms with Gasteiger partial charge in [-0.2, -0.15) is 5.10 Å². The molecule has 0 amide bonds. The molecule has 4 heteroatoms. The lowest BCUT2D eigenvalue weighted by atomic mass is 10.1. The number of aromatic nitrogens is 2. The Bertz CT molecular complexity index is 382. The van der Waals surface area contributed by atoms with Gasteiger partial charge in [0.1, 0.15) is 5.82 Å². The Morgan fingerprint density at radius 3 is 2.63 bits per heavy atom. The molecule has 110 valence electrons. The SMILES string of the molecule is CCCNCc1c(C)nn(C)c1N(C)CCC(C)C. The Hall–Kier alpha value is -1.03. The lowest BCUT2D eigenvalue weighted by molar-refractivity contribution is 0.577. The number of nitrogens with one attached hydrogen (secondary N) is 1. The molecule has 19 heavy (non-hydrogen) atoms. The maximum Gasteiger partial charge on any atom is 0.131 e. The Morgan fingerprint density at radius 2 is 2.05 bits per heavy atom. The van der Waals surface area contributed by atoms with Crippen LogP contribution in [-0.4, -0.2) is 29.9 Å². The summed E-state index contributed by atoms with van der Waals surface area (Å²) < 4.78 is 2.01. The van der Waals surface area contributed by atoms with E-state index in [1.54, 1.807) is 0 Å². The van der Waals surface area contributed by atoms with Crippen LogP contribution in [0.2, 0.25) is 0 Å². The second kappa shape index (κ2) is 7.53. The number of anilines is 1. The van der Waals surface area contributed by atoms with Gasteiger partial charge in [0.15, 0.2) is 0 Å². The summed E-state index contributed by atoms with van der Waals surface area (Å²) in [5.74, 6) is 1.99. The lowest BCUT2D eigenvalue weighted by Gasteiger charge is -2.22. The minimum atomic E-state index is 0.735. The first-order valence-electron chi connectivity index (χ1n) is 7.41. The highest BCUT2D eigenvalue weighted by Gasteiger charge is 2.16. The molecule has 1 aromatic rings. The standard InChI is InChI=1S/C15H30N4/c1-7-9-16-11-14-13(4)17-19(6)15(14)18(5)10-8-12(2)3/h12,16H,7-11H2,1-6H3. The summed E-state index contributed by atoms with van der Waals surface area (Å²) in [6.07, 6.45) is 2.38. The van der Waals surface area contributed by atoms with E-state index in [1.807, 2.05) is 11.7 Å². The quantitative estimate of drug-likeness (QED) is 0.734. The topological polar surface area (TPSA) is 33.1 Å². The van der Waals surface area contributed by atoms with Crippen LogP contribution in [0.4, 0.5) is 5.82 Å². The molecule has 0 unspecified atom stereocenters. The van der Waals surface area contributed by atoms with Crippen molar-refractivity contribution in [3.05, 3.63) is 11.3 Å². The van der Waals surface area contributed by atoms with Crippen LogP contribution in [0.15, 0.2) is 0 Å². The molecule has 0 atom stereocenters. The average Bonchev–Trinajstić information content (AvgIpc) is 2.62. The van der Waals surface area contributed by atoms with Gasteiger partial charge in [-0.05, 0) is 32.2 Å². The van der Waals surface area contributed by atoms with E-state index < -0.39 is 0 Å². The zero-order chi connectivity index (χ0) is 14.4. The zero-order valence-electron chi connectivity index (χ0n) is 13.5. The van der Waals surface area contributed by atoms with Crippen molar-refractivity contribution in [1.82, 2.24) is 15.1 Å².